The number of hydrogen-bond acceptors (Lipinski definition) is 4. The highest BCUT2D eigenvalue weighted by molar-refractivity contribution is 5.80. The zero-order valence-corrected chi connectivity index (χ0v) is 12.0. The number of hydrogen-bond donors (Lipinski definition) is 2. The Morgan fingerprint density at radius 2 is 1.95 bits per heavy atom. The molecule has 2 rings (SSSR count). The number of nitrogens with one attached hydrogen (secondary N) is 1. The first-order valence-electron chi connectivity index (χ1n) is 7.45. The quantitative estimate of drug-likeness (QED) is 0.784. The van der Waals surface area contributed by atoms with Crippen molar-refractivity contribution in [3.63, 3.8) is 0 Å². The summed E-state index contributed by atoms with van der Waals surface area (Å²) >= 11 is 0. The second-order valence-electron chi connectivity index (χ2n) is 5.72. The molecule has 0 spiro atoms. The fourth-order valence-corrected chi connectivity index (χ4v) is 2.91. The van der Waals surface area contributed by atoms with Gasteiger partial charge in [0.05, 0.1) is 12.0 Å². The van der Waals surface area contributed by atoms with Gasteiger partial charge in [-0.25, -0.2) is 0 Å². The molecule has 2 N–H and O–H groups in total. The fraction of sp³-hybridized carbons (Fsp3) is 0.857. The summed E-state index contributed by atoms with van der Waals surface area (Å²) in [4.78, 5) is 25.1. The Morgan fingerprint density at radius 1 is 1.25 bits per heavy atom. The second-order valence-corrected chi connectivity index (χ2v) is 5.72. The third-order valence-corrected chi connectivity index (χ3v) is 4.07. The molecule has 0 saturated carbocycles. The highest BCUT2D eigenvalue weighted by Crippen LogP contribution is 2.17. The number of nitrogens with zero attached hydrogens (tertiary/aromatic N) is 1. The van der Waals surface area contributed by atoms with E-state index >= 15 is 0 Å². The van der Waals surface area contributed by atoms with E-state index < -0.39 is 18.0 Å². The molecule has 2 heterocycles. The predicted molar refractivity (Wildman–Crippen MR) is 73.4 cm³/mol. The van der Waals surface area contributed by atoms with Crippen LogP contribution in [0.25, 0.3) is 0 Å². The van der Waals surface area contributed by atoms with Crippen LogP contribution in [0, 0.1) is 5.92 Å². The monoisotopic (exact) mass is 284 g/mol. The van der Waals surface area contributed by atoms with Crippen LogP contribution in [0.15, 0.2) is 0 Å². The van der Waals surface area contributed by atoms with Gasteiger partial charge in [-0.15, -0.1) is 0 Å². The number of carboxylic acid groups (broad SMARTS) is 1. The molecule has 0 bridgehead atoms. The maximum Gasteiger partial charge on any atom is 0.307 e. The molecule has 0 aliphatic carbocycles. The molecular formula is C14H24N2O4. The number of amides is 1. The fourth-order valence-electron chi connectivity index (χ4n) is 2.91. The first kappa shape index (κ1) is 15.3. The summed E-state index contributed by atoms with van der Waals surface area (Å²) in [6, 6.07) is 0. The van der Waals surface area contributed by atoms with Crippen molar-refractivity contribution in [2.24, 2.45) is 5.92 Å². The van der Waals surface area contributed by atoms with Gasteiger partial charge in [-0.1, -0.05) is 0 Å². The lowest BCUT2D eigenvalue weighted by atomic mass is 9.97. The average molecular weight is 284 g/mol. The molecule has 2 aliphatic heterocycles. The Morgan fingerprint density at radius 3 is 2.60 bits per heavy atom. The Bertz CT molecular complexity index is 355. The first-order valence-corrected chi connectivity index (χ1v) is 7.45. The van der Waals surface area contributed by atoms with Gasteiger partial charge in [0.2, 0.25) is 0 Å². The Kier molecular flexibility index (Phi) is 5.37. The molecule has 0 radical (unpaired) electrons. The van der Waals surface area contributed by atoms with E-state index in [-0.39, 0.29) is 12.0 Å². The molecule has 20 heavy (non-hydrogen) atoms. The van der Waals surface area contributed by atoms with Gasteiger partial charge < -0.3 is 20.1 Å². The minimum atomic E-state index is -0.805. The highest BCUT2D eigenvalue weighted by Gasteiger charge is 2.31. The molecule has 2 fully saturated rings. The number of rotatable bonds is 4. The third-order valence-electron chi connectivity index (χ3n) is 4.07. The van der Waals surface area contributed by atoms with Crippen molar-refractivity contribution in [1.29, 1.82) is 0 Å². The molecule has 1 amide bonds. The van der Waals surface area contributed by atoms with Crippen LogP contribution in [-0.2, 0) is 14.3 Å². The highest BCUT2D eigenvalue weighted by atomic mass is 16.5. The summed E-state index contributed by atoms with van der Waals surface area (Å²) in [6.45, 7) is 4.48. The molecule has 2 saturated heterocycles. The molecule has 6 heteroatoms. The molecule has 6 nitrogen and oxygen atoms in total. The Balaban J connectivity index is 1.82. The zero-order valence-electron chi connectivity index (χ0n) is 12.0. The van der Waals surface area contributed by atoms with Gasteiger partial charge in [0, 0.05) is 26.2 Å². The third kappa shape index (κ3) is 3.93. The number of carbonyl (C=O) groups excluding carboxylic acids is 1. The molecule has 114 valence electrons. The minimum absolute atomic E-state index is 0.0298. The van der Waals surface area contributed by atoms with E-state index in [4.69, 9.17) is 9.84 Å². The van der Waals surface area contributed by atoms with Crippen LogP contribution >= 0.6 is 0 Å². The molecule has 2 aliphatic rings. The second kappa shape index (κ2) is 7.04. The summed E-state index contributed by atoms with van der Waals surface area (Å²) in [7, 11) is 0. The van der Waals surface area contributed by atoms with Crippen molar-refractivity contribution in [2.45, 2.75) is 44.8 Å². The number of aliphatic carboxylic acids is 1. The van der Waals surface area contributed by atoms with Crippen LogP contribution in [-0.4, -0.2) is 60.3 Å². The molecule has 0 aromatic heterocycles. The van der Waals surface area contributed by atoms with E-state index in [1.165, 1.54) is 6.42 Å². The topological polar surface area (TPSA) is 78.9 Å². The normalized spacial score (nSPS) is 28.9. The standard InChI is InChI=1S/C14H24N2O4/c1-10(13(17)16-5-3-2-4-6-16)20-12-7-11(14(18)19)8-15-9-12/h10-12,15H,2-9H2,1H3,(H,18,19). The van der Waals surface area contributed by atoms with Gasteiger partial charge in [-0.05, 0) is 32.6 Å². The van der Waals surface area contributed by atoms with Crippen molar-refractivity contribution in [3.8, 4) is 0 Å². The zero-order chi connectivity index (χ0) is 14.5. The van der Waals surface area contributed by atoms with Gasteiger partial charge in [-0.2, -0.15) is 0 Å². The van der Waals surface area contributed by atoms with E-state index in [1.54, 1.807) is 6.92 Å². The predicted octanol–water partition coefficient (Wildman–Crippen LogP) is 0.467. The largest absolute Gasteiger partial charge is 0.481 e. The van der Waals surface area contributed by atoms with Crippen molar-refractivity contribution in [1.82, 2.24) is 10.2 Å². The molecule has 3 atom stereocenters. The van der Waals surface area contributed by atoms with E-state index in [9.17, 15) is 9.59 Å². The van der Waals surface area contributed by atoms with Crippen LogP contribution in [0.1, 0.15) is 32.6 Å². The van der Waals surface area contributed by atoms with Crippen LogP contribution in [0.5, 0.6) is 0 Å². The summed E-state index contributed by atoms with van der Waals surface area (Å²) in [5.74, 6) is -1.20. The smallest absolute Gasteiger partial charge is 0.307 e. The molecule has 0 aromatic carbocycles. The average Bonchev–Trinajstić information content (AvgIpc) is 2.47. The van der Waals surface area contributed by atoms with Crippen LogP contribution in [0.3, 0.4) is 0 Å². The number of likely N-dealkylation sites (tertiary alicyclic amines) is 1. The lowest BCUT2D eigenvalue weighted by molar-refractivity contribution is -0.151. The Labute approximate surface area is 119 Å². The minimum Gasteiger partial charge on any atom is -0.481 e. The van der Waals surface area contributed by atoms with E-state index in [0.717, 1.165) is 25.9 Å². The summed E-state index contributed by atoms with van der Waals surface area (Å²) in [6.07, 6.45) is 3.09. The van der Waals surface area contributed by atoms with Crippen LogP contribution in [0.2, 0.25) is 0 Å². The number of ether oxygens (including phenoxy) is 1. The van der Waals surface area contributed by atoms with Gasteiger partial charge in [0.15, 0.2) is 0 Å². The maximum atomic E-state index is 12.3. The van der Waals surface area contributed by atoms with Crippen molar-refractivity contribution < 1.29 is 19.4 Å². The van der Waals surface area contributed by atoms with Gasteiger partial charge in [0.1, 0.15) is 6.10 Å². The first-order chi connectivity index (χ1) is 9.58. The van der Waals surface area contributed by atoms with Crippen molar-refractivity contribution in [3.05, 3.63) is 0 Å². The van der Waals surface area contributed by atoms with Gasteiger partial charge in [-0.3, -0.25) is 9.59 Å². The molecule has 3 unspecified atom stereocenters. The van der Waals surface area contributed by atoms with Gasteiger partial charge >= 0.3 is 5.97 Å². The van der Waals surface area contributed by atoms with E-state index in [2.05, 4.69) is 5.32 Å². The Hall–Kier alpha value is -1.14. The van der Waals surface area contributed by atoms with Gasteiger partial charge in [0.25, 0.3) is 5.91 Å². The summed E-state index contributed by atoms with van der Waals surface area (Å²) in [5.41, 5.74) is 0. The lowest BCUT2D eigenvalue weighted by Crippen LogP contribution is -2.48. The summed E-state index contributed by atoms with van der Waals surface area (Å²) in [5, 5.41) is 12.1. The maximum absolute atomic E-state index is 12.3. The lowest BCUT2D eigenvalue weighted by Gasteiger charge is -2.33. The molecular weight excluding hydrogens is 260 g/mol. The van der Waals surface area contributed by atoms with E-state index in [1.807, 2.05) is 4.90 Å². The number of piperidine rings is 2. The van der Waals surface area contributed by atoms with Crippen molar-refractivity contribution in [2.75, 3.05) is 26.2 Å². The number of carboxylic acids is 1. The van der Waals surface area contributed by atoms with E-state index in [0.29, 0.717) is 19.5 Å². The van der Waals surface area contributed by atoms with Crippen molar-refractivity contribution >= 4 is 11.9 Å². The number of carbonyl (C=O) groups is 2. The summed E-state index contributed by atoms with van der Waals surface area (Å²) < 4.78 is 5.77. The SMILES string of the molecule is CC(OC1CNCC(C(=O)O)C1)C(=O)N1CCCCC1. The van der Waals surface area contributed by atoms with Crippen LogP contribution in [0.4, 0.5) is 0 Å². The molecule has 0 aromatic rings. The van der Waals surface area contributed by atoms with Crippen LogP contribution < -0.4 is 5.32 Å².